The third-order valence-electron chi connectivity index (χ3n) is 2.90. The van der Waals surface area contributed by atoms with E-state index in [4.69, 9.17) is 4.74 Å². The van der Waals surface area contributed by atoms with E-state index in [1.165, 1.54) is 6.07 Å². The van der Waals surface area contributed by atoms with Crippen LogP contribution in [0.4, 0.5) is 4.39 Å². The van der Waals surface area contributed by atoms with Gasteiger partial charge in [0.25, 0.3) is 0 Å². The summed E-state index contributed by atoms with van der Waals surface area (Å²) in [6, 6.07) is 5.22. The monoisotopic (exact) mass is 331 g/mol. The topological polar surface area (TPSA) is 21.3 Å². The molecular weight excluding hydrogens is 309 g/mol. The highest BCUT2D eigenvalue weighted by Gasteiger charge is 2.10. The third-order valence-corrected chi connectivity index (χ3v) is 3.40. The van der Waals surface area contributed by atoms with E-state index in [1.54, 1.807) is 0 Å². The van der Waals surface area contributed by atoms with Gasteiger partial charge in [0.15, 0.2) is 0 Å². The minimum Gasteiger partial charge on any atom is -0.379 e. The fraction of sp³-hybridized carbons (Fsp3) is 0.600. The lowest BCUT2D eigenvalue weighted by Gasteiger charge is -2.15. The van der Waals surface area contributed by atoms with Gasteiger partial charge in [-0.2, -0.15) is 0 Å². The summed E-state index contributed by atoms with van der Waals surface area (Å²) in [5.41, 5.74) is 0.710. The van der Waals surface area contributed by atoms with Gasteiger partial charge < -0.3 is 10.1 Å². The SMILES string of the molecule is CC(C)OCCCCNC(C)c1ccc(Br)cc1F. The van der Waals surface area contributed by atoms with Crippen LogP contribution in [-0.2, 0) is 4.74 Å². The number of halogens is 2. The van der Waals surface area contributed by atoms with Gasteiger partial charge in [0, 0.05) is 22.7 Å². The first-order chi connectivity index (χ1) is 9.00. The highest BCUT2D eigenvalue weighted by atomic mass is 79.9. The van der Waals surface area contributed by atoms with Crippen molar-refractivity contribution in [1.29, 1.82) is 0 Å². The van der Waals surface area contributed by atoms with Crippen LogP contribution in [0.1, 0.15) is 45.2 Å². The Morgan fingerprint density at radius 1 is 1.26 bits per heavy atom. The number of unbranched alkanes of at least 4 members (excludes halogenated alkanes) is 1. The van der Waals surface area contributed by atoms with Crippen LogP contribution in [-0.4, -0.2) is 19.3 Å². The van der Waals surface area contributed by atoms with Crippen LogP contribution in [0.25, 0.3) is 0 Å². The number of ether oxygens (including phenoxy) is 1. The molecule has 0 bridgehead atoms. The van der Waals surface area contributed by atoms with E-state index in [2.05, 4.69) is 21.2 Å². The molecule has 0 aliphatic carbocycles. The molecule has 1 N–H and O–H groups in total. The molecule has 4 heteroatoms. The Morgan fingerprint density at radius 2 is 2.00 bits per heavy atom. The van der Waals surface area contributed by atoms with Crippen molar-refractivity contribution in [3.8, 4) is 0 Å². The number of benzene rings is 1. The van der Waals surface area contributed by atoms with Gasteiger partial charge in [0.1, 0.15) is 5.82 Å². The number of hydrogen-bond donors (Lipinski definition) is 1. The fourth-order valence-electron chi connectivity index (χ4n) is 1.83. The highest BCUT2D eigenvalue weighted by Crippen LogP contribution is 2.20. The fourth-order valence-corrected chi connectivity index (χ4v) is 2.16. The van der Waals surface area contributed by atoms with E-state index >= 15 is 0 Å². The van der Waals surface area contributed by atoms with E-state index < -0.39 is 0 Å². The first kappa shape index (κ1) is 16.6. The molecule has 1 aromatic carbocycles. The van der Waals surface area contributed by atoms with E-state index in [1.807, 2.05) is 32.9 Å². The first-order valence-corrected chi connectivity index (χ1v) is 7.60. The quantitative estimate of drug-likeness (QED) is 0.711. The summed E-state index contributed by atoms with van der Waals surface area (Å²) in [5.74, 6) is -0.169. The Morgan fingerprint density at radius 3 is 2.63 bits per heavy atom. The van der Waals surface area contributed by atoms with Crippen molar-refractivity contribution >= 4 is 15.9 Å². The van der Waals surface area contributed by atoms with Gasteiger partial charge in [-0.3, -0.25) is 0 Å². The van der Waals surface area contributed by atoms with Gasteiger partial charge in [-0.15, -0.1) is 0 Å². The average molecular weight is 332 g/mol. The van der Waals surface area contributed by atoms with Crippen molar-refractivity contribution in [1.82, 2.24) is 5.32 Å². The summed E-state index contributed by atoms with van der Waals surface area (Å²) >= 11 is 3.26. The summed E-state index contributed by atoms with van der Waals surface area (Å²) in [6.07, 6.45) is 2.36. The minimum atomic E-state index is -0.169. The van der Waals surface area contributed by atoms with Crippen LogP contribution >= 0.6 is 15.9 Å². The molecular formula is C15H23BrFNO. The van der Waals surface area contributed by atoms with Crippen LogP contribution < -0.4 is 5.32 Å². The van der Waals surface area contributed by atoms with Crippen molar-refractivity contribution in [2.75, 3.05) is 13.2 Å². The van der Waals surface area contributed by atoms with Gasteiger partial charge in [-0.1, -0.05) is 22.0 Å². The zero-order valence-electron chi connectivity index (χ0n) is 11.9. The summed E-state index contributed by atoms with van der Waals surface area (Å²) in [6.45, 7) is 7.72. The molecule has 0 amide bonds. The molecule has 1 rings (SSSR count). The molecule has 0 aliphatic rings. The maximum Gasteiger partial charge on any atom is 0.129 e. The highest BCUT2D eigenvalue weighted by molar-refractivity contribution is 9.10. The minimum absolute atomic E-state index is 0.0270. The second kappa shape index (κ2) is 8.67. The molecule has 1 atom stereocenters. The molecule has 0 heterocycles. The van der Waals surface area contributed by atoms with Crippen LogP contribution in [0.15, 0.2) is 22.7 Å². The number of rotatable bonds is 8. The zero-order valence-corrected chi connectivity index (χ0v) is 13.5. The smallest absolute Gasteiger partial charge is 0.129 e. The molecule has 0 aliphatic heterocycles. The van der Waals surface area contributed by atoms with E-state index in [9.17, 15) is 4.39 Å². The van der Waals surface area contributed by atoms with Crippen LogP contribution in [0, 0.1) is 5.82 Å². The maximum absolute atomic E-state index is 13.7. The third kappa shape index (κ3) is 6.50. The Kier molecular flexibility index (Phi) is 7.57. The predicted molar refractivity (Wildman–Crippen MR) is 80.8 cm³/mol. The predicted octanol–water partition coefficient (Wildman–Crippen LogP) is 4.44. The lowest BCUT2D eigenvalue weighted by molar-refractivity contribution is 0.0759. The molecule has 1 unspecified atom stereocenters. The van der Waals surface area contributed by atoms with Gasteiger partial charge in [0.05, 0.1) is 6.10 Å². The zero-order chi connectivity index (χ0) is 14.3. The van der Waals surface area contributed by atoms with Crippen molar-refractivity contribution in [2.45, 2.75) is 45.8 Å². The van der Waals surface area contributed by atoms with E-state index in [0.29, 0.717) is 11.7 Å². The summed E-state index contributed by atoms with van der Waals surface area (Å²) < 4.78 is 20.0. The van der Waals surface area contributed by atoms with Gasteiger partial charge in [-0.05, 0) is 52.3 Å². The van der Waals surface area contributed by atoms with Crippen molar-refractivity contribution in [2.24, 2.45) is 0 Å². The summed E-state index contributed by atoms with van der Waals surface area (Å²) in [7, 11) is 0. The lowest BCUT2D eigenvalue weighted by Crippen LogP contribution is -2.21. The van der Waals surface area contributed by atoms with Gasteiger partial charge >= 0.3 is 0 Å². The molecule has 0 saturated carbocycles. The molecule has 1 aromatic rings. The van der Waals surface area contributed by atoms with Crippen LogP contribution in [0.2, 0.25) is 0 Å². The second-order valence-corrected chi connectivity index (χ2v) is 5.88. The standard InChI is InChI=1S/C15H23BrFNO/c1-11(2)19-9-5-4-8-18-12(3)14-7-6-13(16)10-15(14)17/h6-7,10-12,18H,4-5,8-9H2,1-3H3. The molecule has 0 saturated heterocycles. The lowest BCUT2D eigenvalue weighted by atomic mass is 10.1. The Balaban J connectivity index is 2.25. The van der Waals surface area contributed by atoms with Gasteiger partial charge in [0.2, 0.25) is 0 Å². The number of hydrogen-bond acceptors (Lipinski definition) is 2. The van der Waals surface area contributed by atoms with Crippen LogP contribution in [0.3, 0.4) is 0 Å². The largest absolute Gasteiger partial charge is 0.379 e. The average Bonchev–Trinajstić information content (AvgIpc) is 2.32. The van der Waals surface area contributed by atoms with Crippen LogP contribution in [0.5, 0.6) is 0 Å². The molecule has 19 heavy (non-hydrogen) atoms. The van der Waals surface area contributed by atoms with E-state index in [-0.39, 0.29) is 11.9 Å². The Labute approximate surface area is 123 Å². The second-order valence-electron chi connectivity index (χ2n) is 4.97. The van der Waals surface area contributed by atoms with Crippen molar-refractivity contribution < 1.29 is 9.13 Å². The Bertz CT molecular complexity index is 384. The molecule has 2 nitrogen and oxygen atoms in total. The summed E-state index contributed by atoms with van der Waals surface area (Å²) in [4.78, 5) is 0. The normalized spacial score (nSPS) is 12.9. The first-order valence-electron chi connectivity index (χ1n) is 6.80. The molecule has 108 valence electrons. The number of nitrogens with one attached hydrogen (secondary N) is 1. The van der Waals surface area contributed by atoms with Gasteiger partial charge in [-0.25, -0.2) is 4.39 Å². The van der Waals surface area contributed by atoms with Crippen molar-refractivity contribution in [3.63, 3.8) is 0 Å². The maximum atomic E-state index is 13.7. The molecule has 0 radical (unpaired) electrons. The summed E-state index contributed by atoms with van der Waals surface area (Å²) in [5, 5.41) is 3.34. The molecule has 0 fully saturated rings. The van der Waals surface area contributed by atoms with E-state index in [0.717, 1.165) is 30.5 Å². The molecule has 0 spiro atoms. The molecule has 0 aromatic heterocycles. The Hall–Kier alpha value is -0.450. The van der Waals surface area contributed by atoms with Crippen molar-refractivity contribution in [3.05, 3.63) is 34.1 Å².